The van der Waals surface area contributed by atoms with E-state index < -0.39 is 11.7 Å². The molecular formula is C22H35N3O2. The Kier molecular flexibility index (Phi) is 9.06. The lowest BCUT2D eigenvalue weighted by Crippen LogP contribution is -2.55. The molecule has 5 heteroatoms. The van der Waals surface area contributed by atoms with Crippen LogP contribution < -0.4 is 10.1 Å². The van der Waals surface area contributed by atoms with Gasteiger partial charge in [0.2, 0.25) is 0 Å². The van der Waals surface area contributed by atoms with Gasteiger partial charge in [0.25, 0.3) is 0 Å². The van der Waals surface area contributed by atoms with Crippen LogP contribution >= 0.6 is 0 Å². The number of unbranched alkanes of at least 4 members (excludes halogenated alkanes) is 2. The van der Waals surface area contributed by atoms with Gasteiger partial charge >= 0.3 is 0 Å². The molecule has 1 fully saturated rings. The second-order valence-electron chi connectivity index (χ2n) is 7.58. The Hall–Kier alpha value is -1.61. The van der Waals surface area contributed by atoms with Crippen molar-refractivity contribution in [1.82, 2.24) is 10.2 Å². The Morgan fingerprint density at radius 3 is 2.26 bits per heavy atom. The highest BCUT2D eigenvalue weighted by molar-refractivity contribution is 5.35. The van der Waals surface area contributed by atoms with Crippen LogP contribution in [0.3, 0.4) is 0 Å². The van der Waals surface area contributed by atoms with Crippen LogP contribution in [-0.4, -0.2) is 54.4 Å². The minimum atomic E-state index is -0.578. The van der Waals surface area contributed by atoms with Gasteiger partial charge in [-0.2, -0.15) is 5.26 Å². The van der Waals surface area contributed by atoms with Crippen LogP contribution in [0.5, 0.6) is 5.75 Å². The molecule has 0 amide bonds. The minimum Gasteiger partial charge on any atom is -0.485 e. The predicted octanol–water partition coefficient (Wildman–Crippen LogP) is 3.32. The maximum absolute atomic E-state index is 11.3. The summed E-state index contributed by atoms with van der Waals surface area (Å²) < 4.78 is 6.51. The summed E-state index contributed by atoms with van der Waals surface area (Å²) in [6.45, 7) is 8.87. The summed E-state index contributed by atoms with van der Waals surface area (Å²) >= 11 is 0. The van der Waals surface area contributed by atoms with Crippen LogP contribution in [0.1, 0.15) is 57.9 Å². The number of aliphatic hydroxyl groups excluding tert-OH is 1. The molecule has 0 bridgehead atoms. The smallest absolute Gasteiger partial charge is 0.136 e. The van der Waals surface area contributed by atoms with E-state index in [9.17, 15) is 5.11 Å². The van der Waals surface area contributed by atoms with E-state index in [-0.39, 0.29) is 0 Å². The molecule has 1 saturated heterocycles. The van der Waals surface area contributed by atoms with Gasteiger partial charge < -0.3 is 15.2 Å². The first-order chi connectivity index (χ1) is 13.1. The molecular weight excluding hydrogens is 338 g/mol. The number of piperazine rings is 1. The fraction of sp³-hybridized carbons (Fsp3) is 0.682. The molecule has 1 unspecified atom stereocenters. The third-order valence-corrected chi connectivity index (χ3v) is 5.46. The average Bonchev–Trinajstić information content (AvgIpc) is 2.71. The fourth-order valence-electron chi connectivity index (χ4n) is 3.72. The van der Waals surface area contributed by atoms with E-state index in [1.807, 2.05) is 12.1 Å². The Bertz CT molecular complexity index is 568. The molecule has 1 aromatic rings. The maximum Gasteiger partial charge on any atom is 0.136 e. The normalized spacial score (nSPS) is 16.7. The Morgan fingerprint density at radius 2 is 1.74 bits per heavy atom. The van der Waals surface area contributed by atoms with Crippen molar-refractivity contribution in [3.63, 3.8) is 0 Å². The molecule has 2 rings (SSSR count). The maximum atomic E-state index is 11.3. The lowest BCUT2D eigenvalue weighted by Gasteiger charge is -2.41. The number of benzene rings is 1. The van der Waals surface area contributed by atoms with E-state index in [1.165, 1.54) is 0 Å². The van der Waals surface area contributed by atoms with Crippen molar-refractivity contribution in [2.45, 2.75) is 64.1 Å². The van der Waals surface area contributed by atoms with Gasteiger partial charge in [-0.1, -0.05) is 26.7 Å². The Balaban J connectivity index is 2.20. The second kappa shape index (κ2) is 11.3. The molecule has 150 valence electrons. The van der Waals surface area contributed by atoms with E-state index in [2.05, 4.69) is 30.1 Å². The van der Waals surface area contributed by atoms with Gasteiger partial charge in [-0.3, -0.25) is 4.90 Å². The van der Waals surface area contributed by atoms with Gasteiger partial charge in [-0.05, 0) is 49.9 Å². The van der Waals surface area contributed by atoms with Gasteiger partial charge in [0.05, 0.1) is 11.6 Å². The highest BCUT2D eigenvalue weighted by Crippen LogP contribution is 2.32. The van der Waals surface area contributed by atoms with E-state index in [4.69, 9.17) is 10.00 Å². The molecule has 1 aromatic carbocycles. The van der Waals surface area contributed by atoms with Gasteiger partial charge in [0, 0.05) is 32.7 Å². The topological polar surface area (TPSA) is 68.5 Å². The van der Waals surface area contributed by atoms with Crippen molar-refractivity contribution in [2.75, 3.05) is 32.7 Å². The number of β-amino-alcohol motifs (C(OH)–C–C–N with tert-alkyl or cyclic N) is 1. The zero-order chi connectivity index (χ0) is 19.5. The standard InChI is InChI=1S/C22H35N3O2/c1-3-5-11-22(12-6-4-2,21(26)18-25-15-13-24-14-16-25)27-20-9-7-19(17-23)8-10-20/h7-10,21,24,26H,3-6,11-16,18H2,1-2H3. The molecule has 1 atom stereocenters. The summed E-state index contributed by atoms with van der Waals surface area (Å²) in [6.07, 6.45) is 5.35. The van der Waals surface area contributed by atoms with Gasteiger partial charge in [0.1, 0.15) is 17.5 Å². The molecule has 1 aliphatic rings. The first-order valence-corrected chi connectivity index (χ1v) is 10.4. The zero-order valence-corrected chi connectivity index (χ0v) is 16.9. The predicted molar refractivity (Wildman–Crippen MR) is 109 cm³/mol. The molecule has 5 nitrogen and oxygen atoms in total. The van der Waals surface area contributed by atoms with E-state index in [1.54, 1.807) is 12.1 Å². The van der Waals surface area contributed by atoms with Crippen molar-refractivity contribution in [1.29, 1.82) is 5.26 Å². The second-order valence-corrected chi connectivity index (χ2v) is 7.58. The van der Waals surface area contributed by atoms with Crippen molar-refractivity contribution in [3.8, 4) is 11.8 Å². The Labute approximate surface area is 164 Å². The number of hydrogen-bond donors (Lipinski definition) is 2. The van der Waals surface area contributed by atoms with E-state index in [0.29, 0.717) is 12.1 Å². The van der Waals surface area contributed by atoms with Crippen LogP contribution in [0, 0.1) is 11.3 Å². The van der Waals surface area contributed by atoms with Crippen LogP contribution in [0.4, 0.5) is 0 Å². The number of nitrogens with one attached hydrogen (secondary N) is 1. The Morgan fingerprint density at radius 1 is 1.15 bits per heavy atom. The highest BCUT2D eigenvalue weighted by atomic mass is 16.5. The molecule has 1 heterocycles. The molecule has 0 spiro atoms. The van der Waals surface area contributed by atoms with Gasteiger partial charge in [0.15, 0.2) is 0 Å². The highest BCUT2D eigenvalue weighted by Gasteiger charge is 2.40. The zero-order valence-electron chi connectivity index (χ0n) is 16.9. The number of rotatable bonds is 11. The minimum absolute atomic E-state index is 0.538. The summed E-state index contributed by atoms with van der Waals surface area (Å²) in [5.74, 6) is 0.737. The summed E-state index contributed by atoms with van der Waals surface area (Å²) in [4.78, 5) is 2.33. The van der Waals surface area contributed by atoms with Crippen LogP contribution in [-0.2, 0) is 0 Å². The quantitative estimate of drug-likeness (QED) is 0.623. The van der Waals surface area contributed by atoms with Crippen molar-refractivity contribution >= 4 is 0 Å². The summed E-state index contributed by atoms with van der Waals surface area (Å²) in [5, 5.41) is 23.7. The average molecular weight is 374 g/mol. The third kappa shape index (κ3) is 6.49. The van der Waals surface area contributed by atoms with E-state index in [0.717, 1.165) is 70.5 Å². The number of aliphatic hydroxyl groups is 1. The van der Waals surface area contributed by atoms with Gasteiger partial charge in [-0.15, -0.1) is 0 Å². The molecule has 0 aliphatic carbocycles. The van der Waals surface area contributed by atoms with Crippen molar-refractivity contribution < 1.29 is 9.84 Å². The molecule has 0 radical (unpaired) electrons. The molecule has 2 N–H and O–H groups in total. The monoisotopic (exact) mass is 373 g/mol. The summed E-state index contributed by atoms with van der Waals surface area (Å²) in [6, 6.07) is 9.41. The summed E-state index contributed by atoms with van der Waals surface area (Å²) in [7, 11) is 0. The summed E-state index contributed by atoms with van der Waals surface area (Å²) in [5.41, 5.74) is 0.0434. The number of nitrogens with zero attached hydrogens (tertiary/aromatic N) is 2. The first-order valence-electron chi connectivity index (χ1n) is 10.4. The lowest BCUT2D eigenvalue weighted by atomic mass is 9.84. The third-order valence-electron chi connectivity index (χ3n) is 5.46. The lowest BCUT2D eigenvalue weighted by molar-refractivity contribution is -0.0809. The van der Waals surface area contributed by atoms with Crippen molar-refractivity contribution in [3.05, 3.63) is 29.8 Å². The molecule has 0 saturated carbocycles. The van der Waals surface area contributed by atoms with Crippen LogP contribution in [0.15, 0.2) is 24.3 Å². The van der Waals surface area contributed by atoms with Gasteiger partial charge in [-0.25, -0.2) is 0 Å². The number of ether oxygens (including phenoxy) is 1. The molecule has 1 aliphatic heterocycles. The largest absolute Gasteiger partial charge is 0.485 e. The first kappa shape index (κ1) is 21.7. The van der Waals surface area contributed by atoms with Crippen LogP contribution in [0.25, 0.3) is 0 Å². The van der Waals surface area contributed by atoms with Crippen LogP contribution in [0.2, 0.25) is 0 Å². The molecule has 27 heavy (non-hydrogen) atoms. The fourth-order valence-corrected chi connectivity index (χ4v) is 3.72. The molecule has 0 aromatic heterocycles. The SMILES string of the molecule is CCCCC(CCCC)(Oc1ccc(C#N)cc1)C(O)CN1CCNCC1. The van der Waals surface area contributed by atoms with Crippen molar-refractivity contribution in [2.24, 2.45) is 0 Å². The number of hydrogen-bond acceptors (Lipinski definition) is 5. The van der Waals surface area contributed by atoms with E-state index >= 15 is 0 Å². The number of nitriles is 1.